The highest BCUT2D eigenvalue weighted by Gasteiger charge is 2.37. The quantitative estimate of drug-likeness (QED) is 0.625. The summed E-state index contributed by atoms with van der Waals surface area (Å²) < 4.78 is 5.44. The summed E-state index contributed by atoms with van der Waals surface area (Å²) in [5, 5.41) is 2.92. The summed E-state index contributed by atoms with van der Waals surface area (Å²) in [6, 6.07) is 16.5. The van der Waals surface area contributed by atoms with Gasteiger partial charge in [0.2, 0.25) is 5.91 Å². The standard InChI is InChI=1S/C29H35N3O4/c33-27(26-13-7-19-32(26)29(35)36-20-21-8-2-1-3-9-21)30-24-16-14-23(15-17-24)28(34)31-18-6-11-22-10-4-5-12-25(22)31/h1-3,8-9,14-17,22,25-26H,4-7,10-13,18-20H2,(H,30,33). The molecule has 0 aromatic heterocycles. The number of anilines is 1. The van der Waals surface area contributed by atoms with Gasteiger partial charge in [0.1, 0.15) is 12.6 Å². The van der Waals surface area contributed by atoms with Crippen LogP contribution in [0.5, 0.6) is 0 Å². The second-order valence-corrected chi connectivity index (χ2v) is 10.2. The first-order chi connectivity index (χ1) is 17.6. The van der Waals surface area contributed by atoms with Gasteiger partial charge in [0.05, 0.1) is 0 Å². The molecule has 1 N–H and O–H groups in total. The van der Waals surface area contributed by atoms with Crippen LogP contribution >= 0.6 is 0 Å². The van der Waals surface area contributed by atoms with Crippen molar-refractivity contribution in [2.75, 3.05) is 18.4 Å². The van der Waals surface area contributed by atoms with Crippen LogP contribution in [-0.2, 0) is 16.1 Å². The van der Waals surface area contributed by atoms with Crippen molar-refractivity contribution in [3.8, 4) is 0 Å². The fraction of sp³-hybridized carbons (Fsp3) is 0.483. The number of amides is 3. The molecule has 1 aliphatic carbocycles. The molecule has 3 fully saturated rings. The Morgan fingerprint density at radius 2 is 1.50 bits per heavy atom. The molecule has 2 aromatic rings. The number of fused-ring (bicyclic) bond motifs is 1. The van der Waals surface area contributed by atoms with Crippen LogP contribution in [0.3, 0.4) is 0 Å². The number of nitrogens with one attached hydrogen (secondary N) is 1. The van der Waals surface area contributed by atoms with E-state index in [0.29, 0.717) is 36.2 Å². The van der Waals surface area contributed by atoms with E-state index >= 15 is 0 Å². The Hall–Kier alpha value is -3.35. The molecule has 3 amide bonds. The molecule has 1 saturated carbocycles. The molecular formula is C29H35N3O4. The van der Waals surface area contributed by atoms with Crippen molar-refractivity contribution in [3.05, 3.63) is 65.7 Å². The number of hydrogen-bond acceptors (Lipinski definition) is 4. The number of rotatable bonds is 5. The van der Waals surface area contributed by atoms with Gasteiger partial charge in [-0.15, -0.1) is 0 Å². The van der Waals surface area contributed by atoms with Crippen LogP contribution in [0, 0.1) is 5.92 Å². The van der Waals surface area contributed by atoms with Crippen LogP contribution in [0.2, 0.25) is 0 Å². The summed E-state index contributed by atoms with van der Waals surface area (Å²) in [6.07, 6.45) is 8.01. The van der Waals surface area contributed by atoms with Crippen molar-refractivity contribution >= 4 is 23.6 Å². The van der Waals surface area contributed by atoms with E-state index < -0.39 is 12.1 Å². The topological polar surface area (TPSA) is 79.0 Å². The van der Waals surface area contributed by atoms with Gasteiger partial charge in [0.25, 0.3) is 5.91 Å². The molecule has 0 bridgehead atoms. The lowest BCUT2D eigenvalue weighted by Crippen LogP contribution is -2.49. The van der Waals surface area contributed by atoms with Crippen LogP contribution in [0.1, 0.15) is 67.3 Å². The Balaban J connectivity index is 1.17. The lowest BCUT2D eigenvalue weighted by molar-refractivity contribution is -0.120. The first-order valence-corrected chi connectivity index (χ1v) is 13.3. The number of ether oxygens (including phenoxy) is 1. The zero-order valence-corrected chi connectivity index (χ0v) is 20.7. The Kier molecular flexibility index (Phi) is 7.54. The highest BCUT2D eigenvalue weighted by molar-refractivity contribution is 5.98. The largest absolute Gasteiger partial charge is 0.445 e. The first kappa shape index (κ1) is 24.3. The molecule has 7 nitrogen and oxygen atoms in total. The fourth-order valence-corrected chi connectivity index (χ4v) is 6.02. The fourth-order valence-electron chi connectivity index (χ4n) is 6.02. The van der Waals surface area contributed by atoms with Gasteiger partial charge in [0.15, 0.2) is 0 Å². The summed E-state index contributed by atoms with van der Waals surface area (Å²) in [6.45, 7) is 1.51. The van der Waals surface area contributed by atoms with Crippen molar-refractivity contribution in [2.24, 2.45) is 5.92 Å². The smallest absolute Gasteiger partial charge is 0.410 e. The minimum Gasteiger partial charge on any atom is -0.445 e. The molecule has 3 atom stereocenters. The SMILES string of the molecule is O=C(Nc1ccc(C(=O)N2CCCC3CCCCC32)cc1)C1CCCN1C(=O)OCc1ccccc1. The van der Waals surface area contributed by atoms with E-state index in [2.05, 4.69) is 10.2 Å². The maximum absolute atomic E-state index is 13.3. The molecule has 36 heavy (non-hydrogen) atoms. The Bertz CT molecular complexity index is 1070. The maximum atomic E-state index is 13.3. The van der Waals surface area contributed by atoms with Gasteiger partial charge < -0.3 is 15.0 Å². The maximum Gasteiger partial charge on any atom is 0.410 e. The Labute approximate surface area is 212 Å². The van der Waals surface area contributed by atoms with Gasteiger partial charge in [-0.1, -0.05) is 43.2 Å². The molecular weight excluding hydrogens is 454 g/mol. The van der Waals surface area contributed by atoms with Crippen LogP contribution in [0.4, 0.5) is 10.5 Å². The molecule has 0 spiro atoms. The van der Waals surface area contributed by atoms with E-state index in [9.17, 15) is 14.4 Å². The van der Waals surface area contributed by atoms with E-state index in [0.717, 1.165) is 31.4 Å². The molecule has 3 aliphatic rings. The van der Waals surface area contributed by atoms with Crippen molar-refractivity contribution < 1.29 is 19.1 Å². The van der Waals surface area contributed by atoms with E-state index in [-0.39, 0.29) is 18.4 Å². The average Bonchev–Trinajstić information content (AvgIpc) is 3.42. The van der Waals surface area contributed by atoms with Crippen LogP contribution in [-0.4, -0.2) is 52.9 Å². The average molecular weight is 490 g/mol. The predicted molar refractivity (Wildman–Crippen MR) is 137 cm³/mol. The third-order valence-corrected chi connectivity index (χ3v) is 7.90. The number of benzene rings is 2. The van der Waals surface area contributed by atoms with Gasteiger partial charge in [-0.3, -0.25) is 14.5 Å². The molecule has 2 aliphatic heterocycles. The Morgan fingerprint density at radius 3 is 2.31 bits per heavy atom. The van der Waals surface area contributed by atoms with E-state index in [4.69, 9.17) is 4.74 Å². The second-order valence-electron chi connectivity index (χ2n) is 10.2. The number of likely N-dealkylation sites (tertiary alicyclic amines) is 2. The van der Waals surface area contributed by atoms with Crippen molar-refractivity contribution in [2.45, 2.75) is 70.1 Å². The van der Waals surface area contributed by atoms with Crippen LogP contribution in [0.15, 0.2) is 54.6 Å². The minimum absolute atomic E-state index is 0.0904. The molecule has 2 aromatic carbocycles. The Morgan fingerprint density at radius 1 is 0.806 bits per heavy atom. The molecule has 2 saturated heterocycles. The number of carbonyl (C=O) groups is 3. The molecule has 5 rings (SSSR count). The van der Waals surface area contributed by atoms with Crippen molar-refractivity contribution in [1.29, 1.82) is 0 Å². The van der Waals surface area contributed by atoms with E-state index in [1.165, 1.54) is 30.6 Å². The second kappa shape index (κ2) is 11.1. The lowest BCUT2D eigenvalue weighted by Gasteiger charge is -2.44. The van der Waals surface area contributed by atoms with E-state index in [1.54, 1.807) is 24.3 Å². The van der Waals surface area contributed by atoms with E-state index in [1.807, 2.05) is 30.3 Å². The minimum atomic E-state index is -0.564. The first-order valence-electron chi connectivity index (χ1n) is 13.3. The van der Waals surface area contributed by atoms with Crippen molar-refractivity contribution in [3.63, 3.8) is 0 Å². The summed E-state index contributed by atoms with van der Waals surface area (Å²) >= 11 is 0. The van der Waals surface area contributed by atoms with Gasteiger partial charge in [0, 0.05) is 30.4 Å². The van der Waals surface area contributed by atoms with Gasteiger partial charge in [-0.05, 0) is 74.3 Å². The molecule has 7 heteroatoms. The van der Waals surface area contributed by atoms with Crippen LogP contribution in [0.25, 0.3) is 0 Å². The van der Waals surface area contributed by atoms with Gasteiger partial charge >= 0.3 is 6.09 Å². The van der Waals surface area contributed by atoms with Gasteiger partial charge in [-0.25, -0.2) is 4.79 Å². The number of carbonyl (C=O) groups excluding carboxylic acids is 3. The third kappa shape index (κ3) is 5.40. The summed E-state index contributed by atoms with van der Waals surface area (Å²) in [4.78, 5) is 42.5. The number of piperidine rings is 1. The molecule has 190 valence electrons. The summed E-state index contributed by atoms with van der Waals surface area (Å²) in [5.41, 5.74) is 2.19. The van der Waals surface area contributed by atoms with Crippen molar-refractivity contribution in [1.82, 2.24) is 9.80 Å². The zero-order chi connectivity index (χ0) is 24.9. The molecule has 3 unspecified atom stereocenters. The molecule has 2 heterocycles. The lowest BCUT2D eigenvalue weighted by atomic mass is 9.78. The van der Waals surface area contributed by atoms with Gasteiger partial charge in [-0.2, -0.15) is 0 Å². The zero-order valence-electron chi connectivity index (χ0n) is 20.7. The monoisotopic (exact) mass is 489 g/mol. The molecule has 0 radical (unpaired) electrons. The summed E-state index contributed by atoms with van der Waals surface area (Å²) in [7, 11) is 0. The number of hydrogen-bond donors (Lipinski definition) is 1. The highest BCUT2D eigenvalue weighted by Crippen LogP contribution is 2.36. The third-order valence-electron chi connectivity index (χ3n) is 7.90. The highest BCUT2D eigenvalue weighted by atomic mass is 16.6. The predicted octanol–water partition coefficient (Wildman–Crippen LogP) is 5.22. The van der Waals surface area contributed by atoms with Crippen LogP contribution < -0.4 is 5.32 Å². The number of nitrogens with zero attached hydrogens (tertiary/aromatic N) is 2. The summed E-state index contributed by atoms with van der Waals surface area (Å²) in [5.74, 6) is 0.501. The normalized spacial score (nSPS) is 23.6.